The third-order valence-corrected chi connectivity index (χ3v) is 6.33. The lowest BCUT2D eigenvalue weighted by atomic mass is 10.1. The van der Waals surface area contributed by atoms with Crippen molar-refractivity contribution in [3.05, 3.63) is 96.1 Å². The fourth-order valence-electron chi connectivity index (χ4n) is 3.66. The quantitative estimate of drug-likeness (QED) is 0.635. The fraction of sp³-hybridized carbons (Fsp3) is 0.120. The Morgan fingerprint density at radius 2 is 1.62 bits per heavy atom. The minimum atomic E-state index is -0.628. The van der Waals surface area contributed by atoms with Crippen molar-refractivity contribution in [2.45, 2.75) is 18.2 Å². The molecule has 3 aromatic rings. The van der Waals surface area contributed by atoms with Crippen molar-refractivity contribution in [3.8, 4) is 0 Å². The number of anilines is 1. The molecule has 0 radical (unpaired) electrons. The van der Waals surface area contributed by atoms with Crippen LogP contribution in [0, 0.1) is 0 Å². The highest BCUT2D eigenvalue weighted by Gasteiger charge is 2.42. The number of hydrogen-bond donors (Lipinski definition) is 1. The first-order valence-electron chi connectivity index (χ1n) is 10.3. The Hall–Kier alpha value is -3.71. The van der Waals surface area contributed by atoms with E-state index in [0.29, 0.717) is 11.0 Å². The van der Waals surface area contributed by atoms with E-state index in [0.717, 1.165) is 22.5 Å². The molecular weight excluding hydrogens is 420 g/mol. The number of fused-ring (bicyclic) bond motifs is 3. The van der Waals surface area contributed by atoms with Gasteiger partial charge in [-0.1, -0.05) is 72.4 Å². The molecule has 0 spiro atoms. The number of carbonyl (C=O) groups is 2. The van der Waals surface area contributed by atoms with Crippen LogP contribution in [0.1, 0.15) is 24.1 Å². The lowest BCUT2D eigenvalue weighted by Gasteiger charge is -2.26. The molecule has 0 aromatic heterocycles. The minimum absolute atomic E-state index is 0.160. The molecule has 5 rings (SSSR count). The molecule has 158 valence electrons. The van der Waals surface area contributed by atoms with Crippen LogP contribution in [-0.4, -0.2) is 33.0 Å². The van der Waals surface area contributed by atoms with E-state index in [2.05, 4.69) is 5.32 Å². The highest BCUT2D eigenvalue weighted by Crippen LogP contribution is 2.38. The number of hydrogen-bond acceptors (Lipinski definition) is 5. The molecule has 2 amide bonds. The molecular formula is C25H20N4O2S. The van der Waals surface area contributed by atoms with Gasteiger partial charge in [0, 0.05) is 11.3 Å². The molecule has 1 N–H and O–H groups in total. The SMILES string of the molecule is C[C@@H](SC1=Nc2ccccc2C2=N[C@@H](c3ccccc3)C(=O)N12)C(=O)Nc1ccccc1. The van der Waals surface area contributed by atoms with Gasteiger partial charge in [-0.15, -0.1) is 0 Å². The summed E-state index contributed by atoms with van der Waals surface area (Å²) >= 11 is 1.25. The summed E-state index contributed by atoms with van der Waals surface area (Å²) in [6.07, 6.45) is 0. The number of thioether (sulfide) groups is 1. The number of nitrogens with zero attached hydrogens (tertiary/aromatic N) is 3. The molecule has 6 nitrogen and oxygen atoms in total. The summed E-state index contributed by atoms with van der Waals surface area (Å²) in [5, 5.41) is 2.90. The van der Waals surface area contributed by atoms with Gasteiger partial charge in [-0.2, -0.15) is 0 Å². The molecule has 32 heavy (non-hydrogen) atoms. The van der Waals surface area contributed by atoms with E-state index in [-0.39, 0.29) is 11.8 Å². The standard InChI is InChI=1S/C25H20N4O2S/c1-16(23(30)26-18-12-6-3-7-13-18)32-25-27-20-15-9-8-14-19(20)22-28-21(24(31)29(22)25)17-10-4-2-5-11-17/h2-16,21H,1H3,(H,26,30)/t16-,21+/m1/s1. The topological polar surface area (TPSA) is 74.1 Å². The predicted molar refractivity (Wildman–Crippen MR) is 128 cm³/mol. The zero-order chi connectivity index (χ0) is 22.1. The van der Waals surface area contributed by atoms with Gasteiger partial charge in [0.15, 0.2) is 11.2 Å². The first kappa shape index (κ1) is 20.2. The summed E-state index contributed by atoms with van der Waals surface area (Å²) in [5.41, 5.74) is 3.10. The Bertz CT molecular complexity index is 1240. The second kappa shape index (κ2) is 8.43. The highest BCUT2D eigenvalue weighted by molar-refractivity contribution is 8.15. The van der Waals surface area contributed by atoms with Crippen molar-refractivity contribution < 1.29 is 9.59 Å². The van der Waals surface area contributed by atoms with Crippen molar-refractivity contribution >= 4 is 46.0 Å². The van der Waals surface area contributed by atoms with Gasteiger partial charge >= 0.3 is 0 Å². The molecule has 0 saturated carbocycles. The second-order valence-corrected chi connectivity index (χ2v) is 8.77. The highest BCUT2D eigenvalue weighted by atomic mass is 32.2. The number of rotatable bonds is 4. The number of nitrogens with one attached hydrogen (secondary N) is 1. The van der Waals surface area contributed by atoms with Crippen LogP contribution in [-0.2, 0) is 9.59 Å². The van der Waals surface area contributed by atoms with E-state index in [1.54, 1.807) is 11.8 Å². The van der Waals surface area contributed by atoms with Crippen LogP contribution in [0.15, 0.2) is 94.9 Å². The van der Waals surface area contributed by atoms with Crippen molar-refractivity contribution in [1.82, 2.24) is 4.90 Å². The third-order valence-electron chi connectivity index (χ3n) is 5.28. The normalized spacial score (nSPS) is 17.7. The molecule has 0 saturated heterocycles. The van der Waals surface area contributed by atoms with Crippen molar-refractivity contribution in [2.24, 2.45) is 9.98 Å². The Morgan fingerprint density at radius 3 is 2.38 bits per heavy atom. The number of amides is 2. The van der Waals surface area contributed by atoms with Crippen molar-refractivity contribution in [1.29, 1.82) is 0 Å². The maximum atomic E-state index is 13.4. The second-order valence-electron chi connectivity index (χ2n) is 7.47. The maximum Gasteiger partial charge on any atom is 0.263 e. The molecule has 3 aromatic carbocycles. The van der Waals surface area contributed by atoms with Crippen LogP contribution in [0.3, 0.4) is 0 Å². The van der Waals surface area contributed by atoms with Gasteiger partial charge in [-0.3, -0.25) is 9.59 Å². The zero-order valence-electron chi connectivity index (χ0n) is 17.3. The summed E-state index contributed by atoms with van der Waals surface area (Å²) in [4.78, 5) is 37.2. The van der Waals surface area contributed by atoms with Crippen LogP contribution in [0.5, 0.6) is 0 Å². The van der Waals surface area contributed by atoms with Crippen LogP contribution < -0.4 is 5.32 Å². The summed E-state index contributed by atoms with van der Waals surface area (Å²) in [6, 6.07) is 25.8. The predicted octanol–water partition coefficient (Wildman–Crippen LogP) is 4.78. The summed E-state index contributed by atoms with van der Waals surface area (Å²) < 4.78 is 0. The first-order chi connectivity index (χ1) is 15.6. The van der Waals surface area contributed by atoms with Gasteiger partial charge in [0.25, 0.3) is 5.91 Å². The van der Waals surface area contributed by atoms with Crippen molar-refractivity contribution in [3.63, 3.8) is 0 Å². The Balaban J connectivity index is 1.45. The van der Waals surface area contributed by atoms with Gasteiger partial charge in [-0.25, -0.2) is 14.9 Å². The van der Waals surface area contributed by atoms with Gasteiger partial charge in [-0.05, 0) is 36.8 Å². The lowest BCUT2D eigenvalue weighted by molar-refractivity contribution is -0.124. The minimum Gasteiger partial charge on any atom is -0.325 e. The number of amidine groups is 2. The molecule has 2 aliphatic heterocycles. The van der Waals surface area contributed by atoms with Crippen LogP contribution in [0.25, 0.3) is 0 Å². The van der Waals surface area contributed by atoms with E-state index in [4.69, 9.17) is 9.98 Å². The zero-order valence-corrected chi connectivity index (χ0v) is 18.1. The third kappa shape index (κ3) is 3.71. The van der Waals surface area contributed by atoms with E-state index in [9.17, 15) is 9.59 Å². The lowest BCUT2D eigenvalue weighted by Crippen LogP contribution is -2.41. The van der Waals surface area contributed by atoms with Crippen LogP contribution in [0.2, 0.25) is 0 Å². The molecule has 2 aliphatic rings. The average Bonchev–Trinajstić information content (AvgIpc) is 3.18. The van der Waals surface area contributed by atoms with Crippen LogP contribution >= 0.6 is 11.8 Å². The van der Waals surface area contributed by atoms with Crippen molar-refractivity contribution in [2.75, 3.05) is 5.32 Å². The fourth-order valence-corrected chi connectivity index (χ4v) is 4.57. The van der Waals surface area contributed by atoms with Gasteiger partial charge in [0.05, 0.1) is 10.9 Å². The molecule has 0 unspecified atom stereocenters. The monoisotopic (exact) mass is 440 g/mol. The Labute approximate surface area is 190 Å². The summed E-state index contributed by atoms with van der Waals surface area (Å²) in [6.45, 7) is 1.80. The molecule has 0 aliphatic carbocycles. The Morgan fingerprint density at radius 1 is 0.969 bits per heavy atom. The largest absolute Gasteiger partial charge is 0.325 e. The van der Waals surface area contributed by atoms with E-state index >= 15 is 0 Å². The molecule has 2 atom stereocenters. The van der Waals surface area contributed by atoms with Gasteiger partial charge < -0.3 is 5.32 Å². The maximum absolute atomic E-state index is 13.4. The smallest absolute Gasteiger partial charge is 0.263 e. The summed E-state index contributed by atoms with van der Waals surface area (Å²) in [7, 11) is 0. The molecule has 0 fully saturated rings. The molecule has 2 heterocycles. The summed E-state index contributed by atoms with van der Waals surface area (Å²) in [5.74, 6) is 0.253. The number of carbonyl (C=O) groups excluding carboxylic acids is 2. The van der Waals surface area contributed by atoms with E-state index < -0.39 is 11.3 Å². The van der Waals surface area contributed by atoms with Gasteiger partial charge in [0.1, 0.15) is 5.84 Å². The number of aliphatic imine (C=N–C) groups is 2. The number of para-hydroxylation sites is 2. The van der Waals surface area contributed by atoms with E-state index in [1.165, 1.54) is 11.8 Å². The molecule has 0 bridgehead atoms. The van der Waals surface area contributed by atoms with Crippen LogP contribution in [0.4, 0.5) is 11.4 Å². The molecule has 7 heteroatoms. The van der Waals surface area contributed by atoms with E-state index in [1.807, 2.05) is 84.9 Å². The first-order valence-corrected chi connectivity index (χ1v) is 11.2. The van der Waals surface area contributed by atoms with Gasteiger partial charge in [0.2, 0.25) is 5.91 Å². The number of benzene rings is 3. The Kier molecular flexibility index (Phi) is 5.33. The average molecular weight is 441 g/mol.